The van der Waals surface area contributed by atoms with Crippen LogP contribution in [0.4, 0.5) is 5.82 Å². The fraction of sp³-hybridized carbons (Fsp3) is 0.238. The summed E-state index contributed by atoms with van der Waals surface area (Å²) in [5, 5.41) is 7.29. The second-order valence-corrected chi connectivity index (χ2v) is 9.49. The van der Waals surface area contributed by atoms with Crippen LogP contribution in [0, 0.1) is 6.92 Å². The molecule has 1 heterocycles. The number of rotatable bonds is 7. The molecule has 0 saturated carbocycles. The Morgan fingerprint density at radius 2 is 1.80 bits per heavy atom. The number of benzene rings is 2. The van der Waals surface area contributed by atoms with Crippen LogP contribution in [0.3, 0.4) is 0 Å². The quantitative estimate of drug-likeness (QED) is 0.536. The Morgan fingerprint density at radius 1 is 1.10 bits per heavy atom. The first-order valence-corrected chi connectivity index (χ1v) is 11.7. The number of halogens is 1. The van der Waals surface area contributed by atoms with Crippen molar-refractivity contribution < 1.29 is 13.2 Å². The van der Waals surface area contributed by atoms with Gasteiger partial charge in [-0.25, -0.2) is 13.1 Å². The van der Waals surface area contributed by atoms with Gasteiger partial charge in [0.2, 0.25) is 10.0 Å². The molecular formula is C21H23BrN4O3S. The summed E-state index contributed by atoms with van der Waals surface area (Å²) in [5.41, 5.74) is 1.77. The van der Waals surface area contributed by atoms with E-state index in [2.05, 4.69) is 26.3 Å². The van der Waals surface area contributed by atoms with Crippen molar-refractivity contribution in [1.29, 1.82) is 0 Å². The lowest BCUT2D eigenvalue weighted by atomic mass is 10.2. The van der Waals surface area contributed by atoms with Crippen molar-refractivity contribution in [3.63, 3.8) is 0 Å². The fourth-order valence-corrected chi connectivity index (χ4v) is 4.98. The zero-order valence-electron chi connectivity index (χ0n) is 17.0. The second kappa shape index (κ2) is 9.11. The minimum absolute atomic E-state index is 0.0931. The number of anilines is 1. The summed E-state index contributed by atoms with van der Waals surface area (Å²) in [6, 6.07) is 15.4. The van der Waals surface area contributed by atoms with Crippen LogP contribution in [0.5, 0.6) is 0 Å². The zero-order chi connectivity index (χ0) is 21.9. The molecule has 0 unspecified atom stereocenters. The van der Waals surface area contributed by atoms with E-state index in [0.29, 0.717) is 18.9 Å². The molecule has 0 aliphatic rings. The normalized spacial score (nSPS) is 11.6. The minimum Gasteiger partial charge on any atom is -0.306 e. The number of nitrogens with zero attached hydrogens (tertiary/aromatic N) is 3. The minimum atomic E-state index is -3.65. The Bertz CT molecular complexity index is 1170. The monoisotopic (exact) mass is 490 g/mol. The van der Waals surface area contributed by atoms with E-state index in [0.717, 1.165) is 15.9 Å². The summed E-state index contributed by atoms with van der Waals surface area (Å²) < 4.78 is 29.4. The van der Waals surface area contributed by atoms with Gasteiger partial charge < -0.3 is 5.32 Å². The highest BCUT2D eigenvalue weighted by atomic mass is 79.9. The first-order valence-electron chi connectivity index (χ1n) is 9.50. The number of amides is 1. The van der Waals surface area contributed by atoms with Crippen LogP contribution in [0.1, 0.15) is 29.9 Å². The molecule has 0 spiro atoms. The van der Waals surface area contributed by atoms with E-state index in [-0.39, 0.29) is 10.5 Å². The van der Waals surface area contributed by atoms with Gasteiger partial charge >= 0.3 is 0 Å². The molecule has 0 fully saturated rings. The molecular weight excluding hydrogens is 468 g/mol. The topological polar surface area (TPSA) is 84.3 Å². The number of sulfonamides is 1. The third-order valence-corrected chi connectivity index (χ3v) is 7.10. The Hall–Kier alpha value is -2.49. The molecule has 7 nitrogen and oxygen atoms in total. The highest BCUT2D eigenvalue weighted by Gasteiger charge is 2.23. The molecule has 1 aromatic heterocycles. The van der Waals surface area contributed by atoms with Gasteiger partial charge in [-0.05, 0) is 43.3 Å². The Kier molecular flexibility index (Phi) is 6.74. The summed E-state index contributed by atoms with van der Waals surface area (Å²) in [6.07, 6.45) is 0. The number of aryl methyl sites for hydroxylation is 1. The van der Waals surface area contributed by atoms with Gasteiger partial charge in [-0.3, -0.25) is 4.79 Å². The first-order chi connectivity index (χ1) is 14.3. The van der Waals surface area contributed by atoms with E-state index in [9.17, 15) is 13.2 Å². The molecule has 0 atom stereocenters. The van der Waals surface area contributed by atoms with Gasteiger partial charge in [0.1, 0.15) is 5.82 Å². The van der Waals surface area contributed by atoms with Crippen molar-refractivity contribution in [2.75, 3.05) is 18.4 Å². The lowest BCUT2D eigenvalue weighted by Crippen LogP contribution is -2.30. The summed E-state index contributed by atoms with van der Waals surface area (Å²) in [7, 11) is -3.65. The summed E-state index contributed by atoms with van der Waals surface area (Å²) in [4.78, 5) is 13.0. The highest BCUT2D eigenvalue weighted by Crippen LogP contribution is 2.22. The first kappa shape index (κ1) is 22.2. The molecule has 0 radical (unpaired) electrons. The van der Waals surface area contributed by atoms with E-state index in [4.69, 9.17) is 0 Å². The zero-order valence-corrected chi connectivity index (χ0v) is 19.4. The summed E-state index contributed by atoms with van der Waals surface area (Å²) in [6.45, 7) is 6.12. The second-order valence-electron chi connectivity index (χ2n) is 6.63. The maximum Gasteiger partial charge on any atom is 0.256 e. The number of carbonyl (C=O) groups excluding carboxylic acids is 1. The molecule has 0 aliphatic carbocycles. The number of nitrogens with one attached hydrogen (secondary N) is 1. The molecule has 158 valence electrons. The van der Waals surface area contributed by atoms with E-state index in [1.807, 2.05) is 31.2 Å². The lowest BCUT2D eigenvalue weighted by Gasteiger charge is -2.18. The van der Waals surface area contributed by atoms with Gasteiger partial charge in [-0.2, -0.15) is 9.40 Å². The van der Waals surface area contributed by atoms with E-state index in [1.54, 1.807) is 36.7 Å². The predicted octanol–water partition coefficient (Wildman–Crippen LogP) is 4.23. The maximum atomic E-state index is 12.9. The van der Waals surface area contributed by atoms with Crippen molar-refractivity contribution in [3.8, 4) is 5.69 Å². The molecule has 3 rings (SSSR count). The molecule has 9 heteroatoms. The number of hydrogen-bond acceptors (Lipinski definition) is 4. The van der Waals surface area contributed by atoms with Crippen LogP contribution >= 0.6 is 15.9 Å². The van der Waals surface area contributed by atoms with Crippen molar-refractivity contribution in [3.05, 3.63) is 70.3 Å². The molecule has 30 heavy (non-hydrogen) atoms. The van der Waals surface area contributed by atoms with E-state index >= 15 is 0 Å². The summed E-state index contributed by atoms with van der Waals surface area (Å²) >= 11 is 3.44. The molecule has 0 saturated heterocycles. The van der Waals surface area contributed by atoms with Gasteiger partial charge in [-0.1, -0.05) is 41.9 Å². The Morgan fingerprint density at radius 3 is 2.47 bits per heavy atom. The molecule has 0 aliphatic heterocycles. The molecule has 1 amide bonds. The van der Waals surface area contributed by atoms with Gasteiger partial charge in [0.25, 0.3) is 5.91 Å². The van der Waals surface area contributed by atoms with E-state index in [1.165, 1.54) is 16.4 Å². The highest BCUT2D eigenvalue weighted by molar-refractivity contribution is 9.10. The Balaban J connectivity index is 1.91. The predicted molar refractivity (Wildman–Crippen MR) is 121 cm³/mol. The van der Waals surface area contributed by atoms with Crippen LogP contribution in [-0.4, -0.2) is 41.5 Å². The molecule has 3 aromatic rings. The number of hydrogen-bond donors (Lipinski definition) is 1. The van der Waals surface area contributed by atoms with Crippen LogP contribution < -0.4 is 5.32 Å². The standard InChI is InChI=1S/C21H23BrN4O3S/c1-4-25(5-2)30(28,29)19-11-6-8-16(13-19)21(27)23-20-12-15(3)24-26(20)18-10-7-9-17(22)14-18/h6-14H,4-5H2,1-3H3,(H,23,27). The third kappa shape index (κ3) is 4.63. The molecule has 1 N–H and O–H groups in total. The average molecular weight is 491 g/mol. The van der Waals surface area contributed by atoms with Gasteiger partial charge in [0.15, 0.2) is 0 Å². The number of aromatic nitrogens is 2. The molecule has 0 bridgehead atoms. The van der Waals surface area contributed by atoms with Gasteiger partial charge in [-0.15, -0.1) is 0 Å². The lowest BCUT2D eigenvalue weighted by molar-refractivity contribution is 0.102. The number of carbonyl (C=O) groups is 1. The Labute approximate surface area is 184 Å². The van der Waals surface area contributed by atoms with Crippen molar-refractivity contribution >= 4 is 37.7 Å². The molecule has 2 aromatic carbocycles. The summed E-state index contributed by atoms with van der Waals surface area (Å²) in [5.74, 6) is 0.0790. The van der Waals surface area contributed by atoms with Crippen LogP contribution in [0.15, 0.2) is 64.0 Å². The maximum absolute atomic E-state index is 12.9. The fourth-order valence-electron chi connectivity index (χ4n) is 3.09. The van der Waals surface area contributed by atoms with Crippen LogP contribution in [-0.2, 0) is 10.0 Å². The largest absolute Gasteiger partial charge is 0.306 e. The smallest absolute Gasteiger partial charge is 0.256 e. The SMILES string of the molecule is CCN(CC)S(=O)(=O)c1cccc(C(=O)Nc2cc(C)nn2-c2cccc(Br)c2)c1. The van der Waals surface area contributed by atoms with Gasteiger partial charge in [0, 0.05) is 29.2 Å². The van der Waals surface area contributed by atoms with Crippen molar-refractivity contribution in [2.24, 2.45) is 0 Å². The van der Waals surface area contributed by atoms with Crippen molar-refractivity contribution in [2.45, 2.75) is 25.7 Å². The van der Waals surface area contributed by atoms with Crippen molar-refractivity contribution in [1.82, 2.24) is 14.1 Å². The average Bonchev–Trinajstić information content (AvgIpc) is 3.09. The van der Waals surface area contributed by atoms with Crippen LogP contribution in [0.2, 0.25) is 0 Å². The van der Waals surface area contributed by atoms with E-state index < -0.39 is 15.9 Å². The van der Waals surface area contributed by atoms with Gasteiger partial charge in [0.05, 0.1) is 16.3 Å². The van der Waals surface area contributed by atoms with Crippen LogP contribution in [0.25, 0.3) is 5.69 Å². The third-order valence-electron chi connectivity index (χ3n) is 4.57.